The van der Waals surface area contributed by atoms with E-state index >= 15 is 0 Å². The number of H-pyrrole nitrogens is 1. The zero-order chi connectivity index (χ0) is 13.6. The first kappa shape index (κ1) is 12.5. The molecule has 0 aliphatic carbocycles. The summed E-state index contributed by atoms with van der Waals surface area (Å²) in [7, 11) is 0. The van der Waals surface area contributed by atoms with E-state index in [2.05, 4.69) is 25.9 Å². The fourth-order valence-corrected chi connectivity index (χ4v) is 2.64. The lowest BCUT2D eigenvalue weighted by atomic mass is 10.1. The number of aromatic amines is 1. The summed E-state index contributed by atoms with van der Waals surface area (Å²) in [5.41, 5.74) is 10.3. The second-order valence-electron chi connectivity index (χ2n) is 4.44. The van der Waals surface area contributed by atoms with Gasteiger partial charge in [0.25, 0.3) is 0 Å². The quantitative estimate of drug-likeness (QED) is 0.641. The van der Waals surface area contributed by atoms with Crippen molar-refractivity contribution in [2.45, 2.75) is 6.92 Å². The average molecular weight is 337 g/mol. The average Bonchev–Trinajstić information content (AvgIpc) is 2.76. The van der Waals surface area contributed by atoms with Crippen LogP contribution in [0.3, 0.4) is 0 Å². The Balaban J connectivity index is 2.20. The Morgan fingerprint density at radius 3 is 2.79 bits per heavy atom. The topological polar surface area (TPSA) is 54.7 Å². The van der Waals surface area contributed by atoms with Gasteiger partial charge in [-0.1, -0.05) is 39.7 Å². The lowest BCUT2D eigenvalue weighted by Gasteiger charge is -2.00. The van der Waals surface area contributed by atoms with Gasteiger partial charge in [-0.05, 0) is 30.7 Å². The minimum absolute atomic E-state index is 0.644. The van der Waals surface area contributed by atoms with Crippen LogP contribution in [-0.4, -0.2) is 9.97 Å². The molecule has 0 saturated heterocycles. The molecular weight excluding hydrogens is 326 g/mol. The molecule has 0 fully saturated rings. The molecule has 3 aromatic rings. The van der Waals surface area contributed by atoms with Gasteiger partial charge in [0.2, 0.25) is 0 Å². The highest BCUT2D eigenvalue weighted by Gasteiger charge is 2.09. The highest BCUT2D eigenvalue weighted by atomic mass is 79.9. The van der Waals surface area contributed by atoms with Crippen molar-refractivity contribution >= 4 is 44.3 Å². The molecule has 0 unspecified atom stereocenters. The molecule has 1 heterocycles. The monoisotopic (exact) mass is 335 g/mol. The van der Waals surface area contributed by atoms with Crippen LogP contribution in [0.1, 0.15) is 5.56 Å². The van der Waals surface area contributed by atoms with Crippen molar-refractivity contribution < 1.29 is 0 Å². The molecule has 0 saturated carbocycles. The highest BCUT2D eigenvalue weighted by Crippen LogP contribution is 2.29. The Morgan fingerprint density at radius 2 is 2.05 bits per heavy atom. The van der Waals surface area contributed by atoms with E-state index < -0.39 is 0 Å². The molecule has 3 nitrogen and oxygen atoms in total. The first-order chi connectivity index (χ1) is 9.04. The molecule has 0 aliphatic rings. The summed E-state index contributed by atoms with van der Waals surface area (Å²) in [6.07, 6.45) is 0. The predicted molar refractivity (Wildman–Crippen MR) is 83.4 cm³/mol. The number of benzene rings is 2. The number of hydrogen-bond acceptors (Lipinski definition) is 2. The van der Waals surface area contributed by atoms with Gasteiger partial charge >= 0.3 is 0 Å². The van der Waals surface area contributed by atoms with Crippen LogP contribution in [-0.2, 0) is 0 Å². The smallest absolute Gasteiger partial charge is 0.138 e. The van der Waals surface area contributed by atoms with Gasteiger partial charge in [-0.3, -0.25) is 0 Å². The van der Waals surface area contributed by atoms with E-state index in [1.165, 1.54) is 0 Å². The standard InChI is InChI=1S/C14H11BrClN3/c1-7-2-3-8(4-10(7)16)14-18-12-6-9(15)5-11(17)13(12)19-14/h2-6H,17H2,1H3,(H,18,19). The summed E-state index contributed by atoms with van der Waals surface area (Å²) >= 11 is 9.57. The van der Waals surface area contributed by atoms with Crippen LogP contribution in [0.5, 0.6) is 0 Å². The molecule has 0 amide bonds. The number of nitrogens with zero attached hydrogens (tertiary/aromatic N) is 1. The Hall–Kier alpha value is -1.52. The van der Waals surface area contributed by atoms with Crippen molar-refractivity contribution in [3.05, 3.63) is 45.4 Å². The molecule has 0 atom stereocenters. The van der Waals surface area contributed by atoms with Gasteiger partial charge in [-0.15, -0.1) is 0 Å². The minimum Gasteiger partial charge on any atom is -0.397 e. The third-order valence-electron chi connectivity index (χ3n) is 3.03. The Bertz CT molecular complexity index is 780. The Morgan fingerprint density at radius 1 is 1.26 bits per heavy atom. The van der Waals surface area contributed by atoms with Gasteiger partial charge in [0, 0.05) is 15.1 Å². The van der Waals surface area contributed by atoms with E-state index in [0.717, 1.165) is 37.5 Å². The number of fused-ring (bicyclic) bond motifs is 1. The summed E-state index contributed by atoms with van der Waals surface area (Å²) < 4.78 is 0.926. The van der Waals surface area contributed by atoms with Crippen LogP contribution in [0.4, 0.5) is 5.69 Å². The lowest BCUT2D eigenvalue weighted by Crippen LogP contribution is -1.86. The number of imidazole rings is 1. The Kier molecular flexibility index (Phi) is 2.99. The summed E-state index contributed by atoms with van der Waals surface area (Å²) in [5.74, 6) is 0.765. The third kappa shape index (κ3) is 2.22. The number of hydrogen-bond donors (Lipinski definition) is 2. The largest absolute Gasteiger partial charge is 0.397 e. The third-order valence-corrected chi connectivity index (χ3v) is 3.89. The number of halogens is 2. The zero-order valence-corrected chi connectivity index (χ0v) is 12.5. The molecule has 2 aromatic carbocycles. The van der Waals surface area contributed by atoms with Crippen molar-refractivity contribution in [1.29, 1.82) is 0 Å². The summed E-state index contributed by atoms with van der Waals surface area (Å²) in [5, 5.41) is 0.729. The number of rotatable bonds is 1. The predicted octanol–water partition coefficient (Wildman–Crippen LogP) is 4.54. The second-order valence-corrected chi connectivity index (χ2v) is 5.76. The van der Waals surface area contributed by atoms with Gasteiger partial charge < -0.3 is 10.7 Å². The van der Waals surface area contributed by atoms with Gasteiger partial charge in [0.15, 0.2) is 0 Å². The summed E-state index contributed by atoms with van der Waals surface area (Å²) in [6.45, 7) is 1.97. The fraction of sp³-hybridized carbons (Fsp3) is 0.0714. The molecule has 19 heavy (non-hydrogen) atoms. The second kappa shape index (κ2) is 4.54. The molecule has 0 spiro atoms. The van der Waals surface area contributed by atoms with Crippen molar-refractivity contribution in [2.75, 3.05) is 5.73 Å². The maximum Gasteiger partial charge on any atom is 0.138 e. The number of nitrogens with one attached hydrogen (secondary N) is 1. The molecule has 0 radical (unpaired) electrons. The van der Waals surface area contributed by atoms with Crippen LogP contribution in [0.25, 0.3) is 22.4 Å². The molecule has 96 valence electrons. The highest BCUT2D eigenvalue weighted by molar-refractivity contribution is 9.10. The van der Waals surface area contributed by atoms with Crippen molar-refractivity contribution in [3.8, 4) is 11.4 Å². The molecular formula is C14H11BrClN3. The number of nitrogens with two attached hydrogens (primary N) is 1. The first-order valence-electron chi connectivity index (χ1n) is 5.76. The van der Waals surface area contributed by atoms with Crippen LogP contribution >= 0.6 is 27.5 Å². The first-order valence-corrected chi connectivity index (χ1v) is 6.93. The molecule has 0 aliphatic heterocycles. The molecule has 5 heteroatoms. The normalized spacial score (nSPS) is 11.1. The molecule has 0 bridgehead atoms. The van der Waals surface area contributed by atoms with Gasteiger partial charge in [0.1, 0.15) is 11.3 Å². The van der Waals surface area contributed by atoms with Crippen LogP contribution in [0, 0.1) is 6.92 Å². The van der Waals surface area contributed by atoms with E-state index in [9.17, 15) is 0 Å². The van der Waals surface area contributed by atoms with Crippen LogP contribution in [0.2, 0.25) is 5.02 Å². The maximum absolute atomic E-state index is 6.15. The number of aryl methyl sites for hydroxylation is 1. The van der Waals surface area contributed by atoms with Crippen molar-refractivity contribution in [1.82, 2.24) is 9.97 Å². The van der Waals surface area contributed by atoms with Crippen molar-refractivity contribution in [2.24, 2.45) is 0 Å². The SMILES string of the molecule is Cc1ccc(-c2nc3c(N)cc(Br)cc3[nH]2)cc1Cl. The van der Waals surface area contributed by atoms with Crippen molar-refractivity contribution in [3.63, 3.8) is 0 Å². The fourth-order valence-electron chi connectivity index (χ4n) is 1.98. The van der Waals surface area contributed by atoms with Gasteiger partial charge in [0.05, 0.1) is 11.2 Å². The number of nitrogen functional groups attached to an aromatic ring is 1. The van der Waals surface area contributed by atoms with E-state index in [1.54, 1.807) is 0 Å². The molecule has 1 aromatic heterocycles. The number of anilines is 1. The van der Waals surface area contributed by atoms with Gasteiger partial charge in [-0.25, -0.2) is 4.98 Å². The van der Waals surface area contributed by atoms with E-state index in [4.69, 9.17) is 17.3 Å². The van der Waals surface area contributed by atoms with E-state index in [-0.39, 0.29) is 0 Å². The zero-order valence-electron chi connectivity index (χ0n) is 10.2. The van der Waals surface area contributed by atoms with E-state index in [1.807, 2.05) is 37.3 Å². The summed E-state index contributed by atoms with van der Waals surface area (Å²) in [6, 6.07) is 9.67. The van der Waals surface area contributed by atoms with E-state index in [0.29, 0.717) is 5.69 Å². The summed E-state index contributed by atoms with van der Waals surface area (Å²) in [4.78, 5) is 7.79. The van der Waals surface area contributed by atoms with Gasteiger partial charge in [-0.2, -0.15) is 0 Å². The minimum atomic E-state index is 0.644. The van der Waals surface area contributed by atoms with Crippen LogP contribution < -0.4 is 5.73 Å². The molecule has 3 rings (SSSR count). The number of aromatic nitrogens is 2. The maximum atomic E-state index is 6.15. The Labute approximate surface area is 123 Å². The van der Waals surface area contributed by atoms with Crippen LogP contribution in [0.15, 0.2) is 34.8 Å². The lowest BCUT2D eigenvalue weighted by molar-refractivity contribution is 1.33. The molecule has 3 N–H and O–H groups in total.